The van der Waals surface area contributed by atoms with Crippen LogP contribution in [-0.2, 0) is 23.6 Å². The summed E-state index contributed by atoms with van der Waals surface area (Å²) >= 11 is 0. The van der Waals surface area contributed by atoms with Crippen molar-refractivity contribution in [3.05, 3.63) is 46.8 Å². The standard InChI is InChI=1S/C15H21N3O2S/c1-11-6-7-15(12(2)8-11)21(19,20)18(5)10-14-9-17(4)16-13(14)3/h6-9H,10H2,1-5H3. The first-order chi connectivity index (χ1) is 9.71. The SMILES string of the molecule is Cc1ccc(S(=O)(=O)N(C)Cc2cn(C)nc2C)c(C)c1. The molecule has 6 heteroatoms. The van der Waals surface area contributed by atoms with Crippen molar-refractivity contribution in [1.82, 2.24) is 14.1 Å². The Morgan fingerprint density at radius 1 is 1.24 bits per heavy atom. The molecule has 0 atom stereocenters. The third kappa shape index (κ3) is 3.16. The van der Waals surface area contributed by atoms with E-state index < -0.39 is 10.0 Å². The van der Waals surface area contributed by atoms with Crippen LogP contribution in [0.2, 0.25) is 0 Å². The molecule has 0 radical (unpaired) electrons. The van der Waals surface area contributed by atoms with E-state index in [0.717, 1.165) is 22.4 Å². The maximum Gasteiger partial charge on any atom is 0.243 e. The molecule has 0 aliphatic heterocycles. The normalized spacial score (nSPS) is 12.1. The molecule has 0 unspecified atom stereocenters. The van der Waals surface area contributed by atoms with Crippen LogP contribution >= 0.6 is 0 Å². The topological polar surface area (TPSA) is 55.2 Å². The molecular weight excluding hydrogens is 286 g/mol. The molecule has 0 spiro atoms. The summed E-state index contributed by atoms with van der Waals surface area (Å²) in [6.45, 7) is 5.97. The summed E-state index contributed by atoms with van der Waals surface area (Å²) in [6, 6.07) is 5.38. The fourth-order valence-corrected chi connectivity index (χ4v) is 3.74. The summed E-state index contributed by atoms with van der Waals surface area (Å²) in [5.41, 5.74) is 3.58. The fraction of sp³-hybridized carbons (Fsp3) is 0.400. The van der Waals surface area contributed by atoms with E-state index in [2.05, 4.69) is 5.10 Å². The quantitative estimate of drug-likeness (QED) is 0.870. The largest absolute Gasteiger partial charge is 0.275 e. The highest BCUT2D eigenvalue weighted by Crippen LogP contribution is 2.22. The lowest BCUT2D eigenvalue weighted by Crippen LogP contribution is -2.27. The van der Waals surface area contributed by atoms with Gasteiger partial charge >= 0.3 is 0 Å². The van der Waals surface area contributed by atoms with Crippen molar-refractivity contribution in [2.75, 3.05) is 7.05 Å². The second kappa shape index (κ2) is 5.61. The number of benzene rings is 1. The molecule has 0 saturated carbocycles. The smallest absolute Gasteiger partial charge is 0.243 e. The summed E-state index contributed by atoms with van der Waals surface area (Å²) in [4.78, 5) is 0.358. The molecule has 2 rings (SSSR count). The van der Waals surface area contributed by atoms with Crippen molar-refractivity contribution in [3.8, 4) is 0 Å². The molecule has 0 fully saturated rings. The zero-order valence-corrected chi connectivity index (χ0v) is 13.9. The number of rotatable bonds is 4. The van der Waals surface area contributed by atoms with Crippen LogP contribution < -0.4 is 0 Å². The summed E-state index contributed by atoms with van der Waals surface area (Å²) in [5, 5.41) is 4.24. The second-order valence-electron chi connectivity index (χ2n) is 5.44. The Labute approximate surface area is 126 Å². The monoisotopic (exact) mass is 307 g/mol. The van der Waals surface area contributed by atoms with Crippen LogP contribution in [0, 0.1) is 20.8 Å². The van der Waals surface area contributed by atoms with Gasteiger partial charge in [0.2, 0.25) is 10.0 Å². The zero-order chi connectivity index (χ0) is 15.8. The first-order valence-electron chi connectivity index (χ1n) is 6.74. The maximum atomic E-state index is 12.7. The van der Waals surface area contributed by atoms with E-state index in [1.54, 1.807) is 17.8 Å². The third-order valence-electron chi connectivity index (χ3n) is 3.53. The van der Waals surface area contributed by atoms with Crippen molar-refractivity contribution in [1.29, 1.82) is 0 Å². The van der Waals surface area contributed by atoms with Gasteiger partial charge in [-0.3, -0.25) is 4.68 Å². The van der Waals surface area contributed by atoms with Gasteiger partial charge in [-0.15, -0.1) is 0 Å². The number of aromatic nitrogens is 2. The molecule has 0 bridgehead atoms. The predicted molar refractivity (Wildman–Crippen MR) is 82.5 cm³/mol. The number of nitrogens with zero attached hydrogens (tertiary/aromatic N) is 3. The molecule has 1 aromatic carbocycles. The lowest BCUT2D eigenvalue weighted by atomic mass is 10.2. The summed E-state index contributed by atoms with van der Waals surface area (Å²) in [6.07, 6.45) is 1.85. The molecule has 1 heterocycles. The van der Waals surface area contributed by atoms with Gasteiger partial charge in [0.05, 0.1) is 10.6 Å². The highest BCUT2D eigenvalue weighted by atomic mass is 32.2. The molecule has 2 aromatic rings. The van der Waals surface area contributed by atoms with Crippen LogP contribution in [0.15, 0.2) is 29.3 Å². The van der Waals surface area contributed by atoms with Crippen LogP contribution in [0.25, 0.3) is 0 Å². The lowest BCUT2D eigenvalue weighted by molar-refractivity contribution is 0.465. The Morgan fingerprint density at radius 2 is 1.90 bits per heavy atom. The predicted octanol–water partition coefficient (Wildman–Crippen LogP) is 2.17. The highest BCUT2D eigenvalue weighted by molar-refractivity contribution is 7.89. The van der Waals surface area contributed by atoms with Crippen molar-refractivity contribution in [2.24, 2.45) is 7.05 Å². The minimum Gasteiger partial charge on any atom is -0.275 e. The zero-order valence-electron chi connectivity index (χ0n) is 13.1. The number of hydrogen-bond donors (Lipinski definition) is 0. The van der Waals surface area contributed by atoms with E-state index in [-0.39, 0.29) is 0 Å². The van der Waals surface area contributed by atoms with Crippen LogP contribution in [-0.4, -0.2) is 29.6 Å². The molecule has 21 heavy (non-hydrogen) atoms. The van der Waals surface area contributed by atoms with E-state index in [0.29, 0.717) is 11.4 Å². The molecule has 114 valence electrons. The molecule has 0 saturated heterocycles. The summed E-state index contributed by atoms with van der Waals surface area (Å²) in [7, 11) is -0.0690. The Morgan fingerprint density at radius 3 is 2.43 bits per heavy atom. The van der Waals surface area contributed by atoms with E-state index in [1.165, 1.54) is 4.31 Å². The molecule has 0 amide bonds. The second-order valence-corrected chi connectivity index (χ2v) is 7.46. The third-order valence-corrected chi connectivity index (χ3v) is 5.49. The van der Waals surface area contributed by atoms with Crippen LogP contribution in [0.1, 0.15) is 22.4 Å². The minimum absolute atomic E-state index is 0.315. The van der Waals surface area contributed by atoms with Gasteiger partial charge in [-0.2, -0.15) is 9.40 Å². The molecular formula is C15H21N3O2S. The minimum atomic E-state index is -3.50. The first-order valence-corrected chi connectivity index (χ1v) is 8.18. The van der Waals surface area contributed by atoms with E-state index in [1.807, 2.05) is 46.1 Å². The van der Waals surface area contributed by atoms with Crippen molar-refractivity contribution in [3.63, 3.8) is 0 Å². The molecule has 5 nitrogen and oxygen atoms in total. The number of sulfonamides is 1. The van der Waals surface area contributed by atoms with Gasteiger partial charge in [0.25, 0.3) is 0 Å². The Balaban J connectivity index is 2.32. The van der Waals surface area contributed by atoms with E-state index >= 15 is 0 Å². The van der Waals surface area contributed by atoms with Crippen molar-refractivity contribution in [2.45, 2.75) is 32.2 Å². The van der Waals surface area contributed by atoms with Gasteiger partial charge in [0, 0.05) is 32.4 Å². The maximum absolute atomic E-state index is 12.7. The Bertz CT molecular complexity index is 763. The molecule has 0 N–H and O–H groups in total. The van der Waals surface area contributed by atoms with Gasteiger partial charge in [0.15, 0.2) is 0 Å². The van der Waals surface area contributed by atoms with E-state index in [9.17, 15) is 8.42 Å². The number of aryl methyl sites for hydroxylation is 4. The number of hydrogen-bond acceptors (Lipinski definition) is 3. The lowest BCUT2D eigenvalue weighted by Gasteiger charge is -2.18. The fourth-order valence-electron chi connectivity index (χ4n) is 2.39. The van der Waals surface area contributed by atoms with Gasteiger partial charge in [0.1, 0.15) is 0 Å². The van der Waals surface area contributed by atoms with Gasteiger partial charge in [-0.05, 0) is 32.4 Å². The van der Waals surface area contributed by atoms with Gasteiger partial charge in [-0.25, -0.2) is 8.42 Å². The van der Waals surface area contributed by atoms with Gasteiger partial charge in [-0.1, -0.05) is 17.7 Å². The van der Waals surface area contributed by atoms with Gasteiger partial charge < -0.3 is 0 Å². The molecule has 1 aromatic heterocycles. The first kappa shape index (κ1) is 15.7. The van der Waals surface area contributed by atoms with Crippen molar-refractivity contribution < 1.29 is 8.42 Å². The summed E-state index contributed by atoms with van der Waals surface area (Å²) in [5.74, 6) is 0. The Hall–Kier alpha value is -1.66. The summed E-state index contributed by atoms with van der Waals surface area (Å²) < 4.78 is 28.4. The van der Waals surface area contributed by atoms with Crippen LogP contribution in [0.4, 0.5) is 0 Å². The van der Waals surface area contributed by atoms with Crippen LogP contribution in [0.3, 0.4) is 0 Å². The highest BCUT2D eigenvalue weighted by Gasteiger charge is 2.23. The average Bonchev–Trinajstić information content (AvgIpc) is 2.67. The van der Waals surface area contributed by atoms with Crippen molar-refractivity contribution >= 4 is 10.0 Å². The van der Waals surface area contributed by atoms with Crippen LogP contribution in [0.5, 0.6) is 0 Å². The average molecular weight is 307 g/mol. The van der Waals surface area contributed by atoms with E-state index in [4.69, 9.17) is 0 Å². The Kier molecular flexibility index (Phi) is 4.20. The molecule has 0 aliphatic rings. The molecule has 0 aliphatic carbocycles.